The summed E-state index contributed by atoms with van der Waals surface area (Å²) in [6, 6.07) is 12.7. The Morgan fingerprint density at radius 2 is 1.96 bits per heavy atom. The maximum absolute atomic E-state index is 12.6. The van der Waals surface area contributed by atoms with Gasteiger partial charge in [0.05, 0.1) is 20.3 Å². The molecule has 0 heterocycles. The third-order valence-corrected chi connectivity index (χ3v) is 3.66. The van der Waals surface area contributed by atoms with E-state index in [9.17, 15) is 4.79 Å². The zero-order chi connectivity index (χ0) is 18.9. The van der Waals surface area contributed by atoms with E-state index >= 15 is 0 Å². The summed E-state index contributed by atoms with van der Waals surface area (Å²) in [5.41, 5.74) is 2.10. The summed E-state index contributed by atoms with van der Waals surface area (Å²) in [6.45, 7) is 7.76. The van der Waals surface area contributed by atoms with Gasteiger partial charge in [-0.25, -0.2) is 0 Å². The zero-order valence-electron chi connectivity index (χ0n) is 15.9. The average Bonchev–Trinajstić information content (AvgIpc) is 2.63. The third-order valence-electron chi connectivity index (χ3n) is 3.66. The molecule has 0 unspecified atom stereocenters. The molecule has 26 heavy (non-hydrogen) atoms. The van der Waals surface area contributed by atoms with Crippen molar-refractivity contribution in [3.8, 4) is 11.5 Å². The molecule has 0 spiro atoms. The van der Waals surface area contributed by atoms with Crippen LogP contribution < -0.4 is 14.8 Å². The van der Waals surface area contributed by atoms with E-state index in [4.69, 9.17) is 14.2 Å². The molecule has 5 heteroatoms. The molecule has 2 aromatic rings. The predicted octanol–water partition coefficient (Wildman–Crippen LogP) is 4.52. The van der Waals surface area contributed by atoms with Crippen LogP contribution in [0.25, 0.3) is 0 Å². The highest BCUT2D eigenvalue weighted by Crippen LogP contribution is 2.23. The number of hydrogen-bond acceptors (Lipinski definition) is 4. The SMILES string of the molecule is CCOc1ccc(C(=O)Nc2cccc(OC)c2)cc1COCC(C)C. The molecule has 0 saturated heterocycles. The molecule has 0 bridgehead atoms. The van der Waals surface area contributed by atoms with E-state index in [0.29, 0.717) is 42.7 Å². The molecule has 5 nitrogen and oxygen atoms in total. The lowest BCUT2D eigenvalue weighted by molar-refractivity contribution is 0.0948. The number of nitrogens with one attached hydrogen (secondary N) is 1. The van der Waals surface area contributed by atoms with Crippen LogP contribution in [0.2, 0.25) is 0 Å². The molecule has 0 aromatic heterocycles. The molecule has 0 aliphatic carbocycles. The first-order valence-corrected chi connectivity index (χ1v) is 8.82. The van der Waals surface area contributed by atoms with Crippen molar-refractivity contribution in [2.75, 3.05) is 25.6 Å². The summed E-state index contributed by atoms with van der Waals surface area (Å²) < 4.78 is 16.6. The summed E-state index contributed by atoms with van der Waals surface area (Å²) in [6.07, 6.45) is 0. The van der Waals surface area contributed by atoms with Crippen LogP contribution in [0.15, 0.2) is 42.5 Å². The molecule has 0 radical (unpaired) electrons. The van der Waals surface area contributed by atoms with Gasteiger partial charge in [0.15, 0.2) is 0 Å². The minimum Gasteiger partial charge on any atom is -0.497 e. The van der Waals surface area contributed by atoms with Crippen molar-refractivity contribution in [2.45, 2.75) is 27.4 Å². The normalized spacial score (nSPS) is 10.7. The standard InChI is InChI=1S/C21H27NO4/c1-5-26-20-10-9-16(11-17(20)14-25-13-15(2)3)21(23)22-18-7-6-8-19(12-18)24-4/h6-12,15H,5,13-14H2,1-4H3,(H,22,23). The summed E-state index contributed by atoms with van der Waals surface area (Å²) in [4.78, 5) is 12.6. The van der Waals surface area contributed by atoms with E-state index in [0.717, 1.165) is 11.3 Å². The summed E-state index contributed by atoms with van der Waals surface area (Å²) in [7, 11) is 1.59. The maximum Gasteiger partial charge on any atom is 0.255 e. The number of amides is 1. The number of carbonyl (C=O) groups is 1. The number of rotatable bonds is 9. The summed E-state index contributed by atoms with van der Waals surface area (Å²) >= 11 is 0. The molecule has 0 saturated carbocycles. The van der Waals surface area contributed by atoms with E-state index in [2.05, 4.69) is 19.2 Å². The van der Waals surface area contributed by atoms with Gasteiger partial charge in [0.1, 0.15) is 11.5 Å². The van der Waals surface area contributed by atoms with E-state index in [1.807, 2.05) is 37.3 Å². The molecule has 0 aliphatic heterocycles. The number of anilines is 1. The molecular weight excluding hydrogens is 330 g/mol. The second-order valence-corrected chi connectivity index (χ2v) is 6.35. The lowest BCUT2D eigenvalue weighted by Gasteiger charge is -2.14. The Bertz CT molecular complexity index is 728. The van der Waals surface area contributed by atoms with Crippen LogP contribution >= 0.6 is 0 Å². The van der Waals surface area contributed by atoms with Gasteiger partial charge in [0.25, 0.3) is 5.91 Å². The Balaban J connectivity index is 2.15. The third kappa shape index (κ3) is 5.77. The fourth-order valence-electron chi connectivity index (χ4n) is 2.44. The van der Waals surface area contributed by atoms with Gasteiger partial charge >= 0.3 is 0 Å². The van der Waals surface area contributed by atoms with Crippen molar-refractivity contribution in [3.05, 3.63) is 53.6 Å². The Kier molecular flexibility index (Phi) is 7.48. The van der Waals surface area contributed by atoms with Crippen molar-refractivity contribution < 1.29 is 19.0 Å². The lowest BCUT2D eigenvalue weighted by atomic mass is 10.1. The number of carbonyl (C=O) groups excluding carboxylic acids is 1. The quantitative estimate of drug-likeness (QED) is 0.717. The smallest absolute Gasteiger partial charge is 0.255 e. The van der Waals surface area contributed by atoms with Crippen LogP contribution in [0.3, 0.4) is 0 Å². The van der Waals surface area contributed by atoms with Gasteiger partial charge in [0, 0.05) is 29.5 Å². The van der Waals surface area contributed by atoms with Gasteiger partial charge in [-0.05, 0) is 43.2 Å². The first kappa shape index (κ1) is 19.8. The van der Waals surface area contributed by atoms with Crippen molar-refractivity contribution in [2.24, 2.45) is 5.92 Å². The Hall–Kier alpha value is -2.53. The average molecular weight is 357 g/mol. The van der Waals surface area contributed by atoms with Crippen molar-refractivity contribution in [3.63, 3.8) is 0 Å². The summed E-state index contributed by atoms with van der Waals surface area (Å²) in [5, 5.41) is 2.89. The Morgan fingerprint density at radius 1 is 1.15 bits per heavy atom. The molecule has 0 aliphatic rings. The molecule has 140 valence electrons. The maximum atomic E-state index is 12.6. The van der Waals surface area contributed by atoms with Gasteiger partial charge < -0.3 is 19.5 Å². The Labute approximate surface area is 155 Å². The summed E-state index contributed by atoms with van der Waals surface area (Å²) in [5.74, 6) is 1.70. The van der Waals surface area contributed by atoms with Gasteiger partial charge in [-0.2, -0.15) is 0 Å². The number of hydrogen-bond donors (Lipinski definition) is 1. The van der Waals surface area contributed by atoms with Gasteiger partial charge in [0.2, 0.25) is 0 Å². The first-order valence-electron chi connectivity index (χ1n) is 8.82. The molecule has 1 amide bonds. The zero-order valence-corrected chi connectivity index (χ0v) is 15.9. The fraction of sp³-hybridized carbons (Fsp3) is 0.381. The number of benzene rings is 2. The first-order chi connectivity index (χ1) is 12.5. The lowest BCUT2D eigenvalue weighted by Crippen LogP contribution is -2.13. The van der Waals surface area contributed by atoms with Gasteiger partial charge in [-0.15, -0.1) is 0 Å². The fourth-order valence-corrected chi connectivity index (χ4v) is 2.44. The highest BCUT2D eigenvalue weighted by molar-refractivity contribution is 6.04. The van der Waals surface area contributed by atoms with Crippen molar-refractivity contribution in [1.29, 1.82) is 0 Å². The van der Waals surface area contributed by atoms with Gasteiger partial charge in [-0.1, -0.05) is 19.9 Å². The second kappa shape index (κ2) is 9.82. The minimum absolute atomic E-state index is 0.189. The second-order valence-electron chi connectivity index (χ2n) is 6.35. The van der Waals surface area contributed by atoms with Crippen molar-refractivity contribution >= 4 is 11.6 Å². The monoisotopic (exact) mass is 357 g/mol. The molecule has 0 atom stereocenters. The van der Waals surface area contributed by atoms with Crippen LogP contribution in [0.1, 0.15) is 36.7 Å². The largest absolute Gasteiger partial charge is 0.497 e. The number of methoxy groups -OCH3 is 1. The molecule has 0 fully saturated rings. The van der Waals surface area contributed by atoms with Crippen molar-refractivity contribution in [1.82, 2.24) is 0 Å². The molecular formula is C21H27NO4. The number of ether oxygens (including phenoxy) is 3. The predicted molar refractivity (Wildman–Crippen MR) is 103 cm³/mol. The van der Waals surface area contributed by atoms with Crippen LogP contribution in [0, 0.1) is 5.92 Å². The van der Waals surface area contributed by atoms with Gasteiger partial charge in [-0.3, -0.25) is 4.79 Å². The van der Waals surface area contributed by atoms with E-state index in [1.54, 1.807) is 19.2 Å². The van der Waals surface area contributed by atoms with E-state index in [1.165, 1.54) is 0 Å². The molecule has 1 N–H and O–H groups in total. The van der Waals surface area contributed by atoms with E-state index in [-0.39, 0.29) is 5.91 Å². The highest BCUT2D eigenvalue weighted by Gasteiger charge is 2.12. The Morgan fingerprint density at radius 3 is 2.65 bits per heavy atom. The minimum atomic E-state index is -0.189. The van der Waals surface area contributed by atoms with E-state index < -0.39 is 0 Å². The molecule has 2 rings (SSSR count). The molecule has 2 aromatic carbocycles. The van der Waals surface area contributed by atoms with Crippen LogP contribution in [0.5, 0.6) is 11.5 Å². The van der Waals surface area contributed by atoms with Crippen LogP contribution in [-0.4, -0.2) is 26.2 Å². The highest BCUT2D eigenvalue weighted by atomic mass is 16.5. The van der Waals surface area contributed by atoms with Crippen LogP contribution in [-0.2, 0) is 11.3 Å². The van der Waals surface area contributed by atoms with Crippen LogP contribution in [0.4, 0.5) is 5.69 Å². The topological polar surface area (TPSA) is 56.8 Å².